The summed E-state index contributed by atoms with van der Waals surface area (Å²) in [6, 6.07) is 4.32. The van der Waals surface area contributed by atoms with Crippen molar-refractivity contribution in [1.29, 1.82) is 0 Å². The summed E-state index contributed by atoms with van der Waals surface area (Å²) in [5, 5.41) is 5.31. The van der Waals surface area contributed by atoms with E-state index in [2.05, 4.69) is 10.0 Å². The van der Waals surface area contributed by atoms with Gasteiger partial charge >= 0.3 is 0 Å². The van der Waals surface area contributed by atoms with Crippen molar-refractivity contribution in [2.24, 2.45) is 0 Å². The van der Waals surface area contributed by atoms with Crippen molar-refractivity contribution in [3.63, 3.8) is 0 Å². The van der Waals surface area contributed by atoms with Crippen molar-refractivity contribution < 1.29 is 8.42 Å². The van der Waals surface area contributed by atoms with Gasteiger partial charge in [0.1, 0.15) is 4.90 Å². The molecule has 0 atom stereocenters. The molecular weight excluding hydrogens is 375 g/mol. The highest BCUT2D eigenvalue weighted by molar-refractivity contribution is 7.93. The third-order valence-electron chi connectivity index (χ3n) is 2.59. The number of anilines is 1. The Bertz CT molecular complexity index is 760. The summed E-state index contributed by atoms with van der Waals surface area (Å²) in [7, 11) is -1.99. The molecule has 0 fully saturated rings. The molecule has 0 amide bonds. The lowest BCUT2D eigenvalue weighted by Crippen LogP contribution is -2.16. The highest BCUT2D eigenvalue weighted by Crippen LogP contribution is 2.34. The Balaban J connectivity index is 2.38. The second-order valence-corrected chi connectivity index (χ2v) is 7.96. The van der Waals surface area contributed by atoms with Crippen molar-refractivity contribution in [2.75, 3.05) is 11.8 Å². The number of benzene rings is 1. The van der Waals surface area contributed by atoms with Crippen LogP contribution in [0.3, 0.4) is 0 Å². The van der Waals surface area contributed by atoms with Crippen LogP contribution in [-0.2, 0) is 16.6 Å². The van der Waals surface area contributed by atoms with Gasteiger partial charge in [0, 0.05) is 11.4 Å². The van der Waals surface area contributed by atoms with E-state index in [1.165, 1.54) is 23.5 Å². The molecule has 0 saturated heterocycles. The fourth-order valence-corrected chi connectivity index (χ4v) is 4.84. The Morgan fingerprint density at radius 1 is 1.14 bits per heavy atom. The lowest BCUT2D eigenvalue weighted by Gasteiger charge is -2.11. The zero-order valence-corrected chi connectivity index (χ0v) is 14.7. The minimum absolute atomic E-state index is 0.179. The maximum atomic E-state index is 12.4. The second kappa shape index (κ2) is 6.73. The Morgan fingerprint density at radius 3 is 2.48 bits per heavy atom. The molecule has 0 radical (unpaired) electrons. The summed E-state index contributed by atoms with van der Waals surface area (Å²) in [6.45, 7) is 0.461. The minimum atomic E-state index is -3.74. The van der Waals surface area contributed by atoms with Gasteiger partial charge < -0.3 is 5.32 Å². The Labute approximate surface area is 142 Å². The van der Waals surface area contributed by atoms with E-state index in [-0.39, 0.29) is 25.7 Å². The van der Waals surface area contributed by atoms with E-state index in [0.29, 0.717) is 11.4 Å². The van der Waals surface area contributed by atoms with E-state index in [1.54, 1.807) is 18.5 Å². The highest BCUT2D eigenvalue weighted by atomic mass is 35.5. The first kappa shape index (κ1) is 16.9. The molecule has 1 aromatic carbocycles. The largest absolute Gasteiger partial charge is 0.315 e. The summed E-state index contributed by atoms with van der Waals surface area (Å²) in [5.74, 6) is 0. The van der Waals surface area contributed by atoms with Crippen LogP contribution >= 0.6 is 46.1 Å². The van der Waals surface area contributed by atoms with Crippen LogP contribution in [0.2, 0.25) is 15.1 Å². The highest BCUT2D eigenvalue weighted by Gasteiger charge is 2.21. The summed E-state index contributed by atoms with van der Waals surface area (Å²) < 4.78 is 27.3. The van der Waals surface area contributed by atoms with Gasteiger partial charge in [-0.25, -0.2) is 8.42 Å². The van der Waals surface area contributed by atoms with Crippen molar-refractivity contribution in [2.45, 2.75) is 11.4 Å². The molecule has 0 aliphatic heterocycles. The Hall–Kier alpha value is -0.500. The van der Waals surface area contributed by atoms with Crippen LogP contribution in [0.1, 0.15) is 4.88 Å². The molecule has 21 heavy (non-hydrogen) atoms. The molecule has 0 aliphatic rings. The van der Waals surface area contributed by atoms with Gasteiger partial charge in [0.15, 0.2) is 0 Å². The maximum absolute atomic E-state index is 12.4. The predicted molar refractivity (Wildman–Crippen MR) is 89.4 cm³/mol. The normalized spacial score (nSPS) is 11.6. The first-order valence-corrected chi connectivity index (χ1v) is 9.23. The van der Waals surface area contributed by atoms with Gasteiger partial charge in [0.25, 0.3) is 10.0 Å². The van der Waals surface area contributed by atoms with Crippen molar-refractivity contribution in [1.82, 2.24) is 5.32 Å². The van der Waals surface area contributed by atoms with Crippen LogP contribution in [0.15, 0.2) is 28.5 Å². The first-order valence-electron chi connectivity index (χ1n) is 5.73. The monoisotopic (exact) mass is 384 g/mol. The molecule has 0 spiro atoms. The van der Waals surface area contributed by atoms with Crippen molar-refractivity contribution in [3.05, 3.63) is 43.5 Å². The topological polar surface area (TPSA) is 58.2 Å². The van der Waals surface area contributed by atoms with E-state index in [4.69, 9.17) is 34.8 Å². The molecule has 2 N–H and O–H groups in total. The van der Waals surface area contributed by atoms with E-state index >= 15 is 0 Å². The van der Waals surface area contributed by atoms with Gasteiger partial charge in [0.2, 0.25) is 0 Å². The average molecular weight is 386 g/mol. The van der Waals surface area contributed by atoms with Gasteiger partial charge in [-0.15, -0.1) is 11.3 Å². The molecule has 2 rings (SSSR count). The molecule has 1 heterocycles. The van der Waals surface area contributed by atoms with Crippen LogP contribution in [-0.4, -0.2) is 15.5 Å². The standard InChI is InChI=1S/C12H11Cl3N2O2S2/c1-16-6-11-12(2-3-20-11)21(18,19)17-10-5-8(14)7(13)4-9(10)15/h2-5,16-17H,6H2,1H3. The molecule has 0 saturated carbocycles. The quantitative estimate of drug-likeness (QED) is 0.757. The van der Waals surface area contributed by atoms with Gasteiger partial charge in [-0.3, -0.25) is 4.72 Å². The predicted octanol–water partition coefficient (Wildman–Crippen LogP) is 4.23. The molecule has 2 aromatic rings. The van der Waals surface area contributed by atoms with Crippen LogP contribution in [0, 0.1) is 0 Å². The summed E-state index contributed by atoms with van der Waals surface area (Å²) in [6.07, 6.45) is 0. The summed E-state index contributed by atoms with van der Waals surface area (Å²) >= 11 is 19.1. The second-order valence-electron chi connectivity index (χ2n) is 4.09. The Kier molecular flexibility index (Phi) is 5.40. The third-order valence-corrected chi connectivity index (χ3v) is 6.12. The third kappa shape index (κ3) is 3.83. The van der Waals surface area contributed by atoms with Gasteiger partial charge in [-0.2, -0.15) is 0 Å². The lowest BCUT2D eigenvalue weighted by molar-refractivity contribution is 0.600. The van der Waals surface area contributed by atoms with E-state index in [9.17, 15) is 8.42 Å². The molecule has 114 valence electrons. The number of halogens is 3. The number of sulfonamides is 1. The fraction of sp³-hybridized carbons (Fsp3) is 0.167. The molecular formula is C12H11Cl3N2O2S2. The van der Waals surface area contributed by atoms with E-state index in [0.717, 1.165) is 0 Å². The van der Waals surface area contributed by atoms with Gasteiger partial charge in [-0.05, 0) is 30.6 Å². The molecule has 0 unspecified atom stereocenters. The Morgan fingerprint density at radius 2 is 1.81 bits per heavy atom. The number of hydrogen-bond donors (Lipinski definition) is 2. The smallest absolute Gasteiger partial charge is 0.263 e. The van der Waals surface area contributed by atoms with Crippen LogP contribution in [0.25, 0.3) is 0 Å². The summed E-state index contributed by atoms with van der Waals surface area (Å²) in [5.41, 5.74) is 0.188. The zero-order chi connectivity index (χ0) is 15.6. The van der Waals surface area contributed by atoms with Gasteiger partial charge in [-0.1, -0.05) is 34.8 Å². The number of hydrogen-bond acceptors (Lipinski definition) is 4. The summed E-state index contributed by atoms with van der Waals surface area (Å²) in [4.78, 5) is 0.921. The van der Waals surface area contributed by atoms with E-state index in [1.807, 2.05) is 0 Å². The molecule has 9 heteroatoms. The fourth-order valence-electron chi connectivity index (χ4n) is 1.66. The number of nitrogens with one attached hydrogen (secondary N) is 2. The van der Waals surface area contributed by atoms with Crippen LogP contribution in [0.5, 0.6) is 0 Å². The number of rotatable bonds is 5. The molecule has 0 bridgehead atoms. The SMILES string of the molecule is CNCc1sccc1S(=O)(=O)Nc1cc(Cl)c(Cl)cc1Cl. The maximum Gasteiger partial charge on any atom is 0.263 e. The zero-order valence-electron chi connectivity index (χ0n) is 10.8. The minimum Gasteiger partial charge on any atom is -0.315 e. The van der Waals surface area contributed by atoms with Crippen molar-refractivity contribution in [3.8, 4) is 0 Å². The number of thiophene rings is 1. The molecule has 0 aliphatic carbocycles. The van der Waals surface area contributed by atoms with Crippen LogP contribution < -0.4 is 10.0 Å². The lowest BCUT2D eigenvalue weighted by atomic mass is 10.3. The molecule has 4 nitrogen and oxygen atoms in total. The van der Waals surface area contributed by atoms with Gasteiger partial charge in [0.05, 0.1) is 20.8 Å². The first-order chi connectivity index (χ1) is 9.85. The van der Waals surface area contributed by atoms with Crippen LogP contribution in [0.4, 0.5) is 5.69 Å². The molecule has 1 aromatic heterocycles. The van der Waals surface area contributed by atoms with E-state index < -0.39 is 10.0 Å². The van der Waals surface area contributed by atoms with Crippen molar-refractivity contribution >= 4 is 61.9 Å². The average Bonchev–Trinajstić information content (AvgIpc) is 2.85.